The molecule has 13 heteroatoms. The van der Waals surface area contributed by atoms with Crippen molar-refractivity contribution in [2.24, 2.45) is 5.92 Å². The molecule has 0 atom stereocenters. The molecule has 0 radical (unpaired) electrons. The lowest BCUT2D eigenvalue weighted by molar-refractivity contribution is -0.143. The molecule has 3 heterocycles. The Bertz CT molecular complexity index is 1740. The number of carboxylic acids is 1. The van der Waals surface area contributed by atoms with Crippen molar-refractivity contribution >= 4 is 11.9 Å². The number of piperidine rings is 1. The van der Waals surface area contributed by atoms with E-state index in [1.54, 1.807) is 0 Å². The third kappa shape index (κ3) is 6.38. The third-order valence-corrected chi connectivity index (χ3v) is 8.07. The molecule has 6 rings (SSSR count). The molecule has 234 valence electrons. The number of aromatic carboxylic acids is 1. The number of aromatic nitrogens is 3. The molecule has 1 aliphatic heterocycles. The van der Waals surface area contributed by atoms with Gasteiger partial charge in [-0.2, -0.15) is 18.3 Å². The predicted octanol–water partition coefficient (Wildman–Crippen LogP) is 6.62. The zero-order valence-electron chi connectivity index (χ0n) is 23.7. The second-order valence-electron chi connectivity index (χ2n) is 11.2. The maximum atomic E-state index is 15.0. The van der Waals surface area contributed by atoms with Crippen LogP contribution in [0.3, 0.4) is 0 Å². The molecule has 1 saturated carbocycles. The number of halogens is 5. The van der Waals surface area contributed by atoms with E-state index in [-0.39, 0.29) is 35.4 Å². The summed E-state index contributed by atoms with van der Waals surface area (Å²) in [5.74, 6) is -3.83. The Morgan fingerprint density at radius 2 is 1.69 bits per heavy atom. The Kier molecular flexibility index (Phi) is 8.02. The largest absolute Gasteiger partial charge is 0.485 e. The quantitative estimate of drug-likeness (QED) is 0.221. The number of carbonyl (C=O) groups is 2. The summed E-state index contributed by atoms with van der Waals surface area (Å²) in [5, 5.41) is 12.8. The van der Waals surface area contributed by atoms with Gasteiger partial charge in [0.2, 0.25) is 5.91 Å². The molecule has 0 bridgehead atoms. The van der Waals surface area contributed by atoms with E-state index in [9.17, 15) is 32.3 Å². The van der Waals surface area contributed by atoms with E-state index in [0.29, 0.717) is 28.4 Å². The van der Waals surface area contributed by atoms with Gasteiger partial charge in [-0.1, -0.05) is 30.3 Å². The molecule has 1 saturated heterocycles. The van der Waals surface area contributed by atoms with Gasteiger partial charge in [0.05, 0.1) is 11.9 Å². The molecule has 2 aromatic carbocycles. The number of hydrogen-bond acceptors (Lipinski definition) is 5. The number of rotatable bonds is 8. The number of nitrogens with zero attached hydrogens (tertiary/aromatic N) is 4. The van der Waals surface area contributed by atoms with Crippen LogP contribution in [-0.4, -0.2) is 49.7 Å². The van der Waals surface area contributed by atoms with Crippen molar-refractivity contribution < 1.29 is 41.4 Å². The average Bonchev–Trinajstić information content (AvgIpc) is 3.76. The molecule has 45 heavy (non-hydrogen) atoms. The highest BCUT2D eigenvalue weighted by Gasteiger charge is 2.41. The molecule has 0 spiro atoms. The van der Waals surface area contributed by atoms with Crippen molar-refractivity contribution in [1.29, 1.82) is 0 Å². The van der Waals surface area contributed by atoms with E-state index >= 15 is 4.39 Å². The molecular weight excluding hydrogens is 599 g/mol. The lowest BCUT2D eigenvalue weighted by atomic mass is 9.89. The van der Waals surface area contributed by atoms with E-state index in [2.05, 4.69) is 10.1 Å². The summed E-state index contributed by atoms with van der Waals surface area (Å²) < 4.78 is 76.8. The number of benzene rings is 2. The van der Waals surface area contributed by atoms with Gasteiger partial charge in [-0.05, 0) is 60.9 Å². The number of pyridine rings is 1. The minimum Gasteiger partial charge on any atom is -0.485 e. The molecule has 8 nitrogen and oxygen atoms in total. The van der Waals surface area contributed by atoms with Gasteiger partial charge in [0.1, 0.15) is 18.0 Å². The minimum atomic E-state index is -5.08. The maximum Gasteiger partial charge on any atom is 0.434 e. The fourth-order valence-corrected chi connectivity index (χ4v) is 5.60. The second kappa shape index (κ2) is 11.9. The Labute approximate surface area is 254 Å². The standard InChI is InChI=1S/C32H27F5N4O4/c33-22-14-23(26-2-1-3-27(39-26)41-29(32(35,36)37)24(16-38-41)31(43)44)28(25(34)15-22)45-17-18-4-6-19(7-5-18)20-10-12-40(13-11-20)30(42)21-8-9-21/h1-7,14-16,20-21H,8-13,17H2,(H,43,44). The van der Waals surface area contributed by atoms with Crippen LogP contribution in [0.15, 0.2) is 60.8 Å². The van der Waals surface area contributed by atoms with Crippen molar-refractivity contribution in [3.8, 4) is 22.8 Å². The van der Waals surface area contributed by atoms with Crippen molar-refractivity contribution in [2.45, 2.75) is 44.4 Å². The van der Waals surface area contributed by atoms with E-state index in [4.69, 9.17) is 4.74 Å². The van der Waals surface area contributed by atoms with Gasteiger partial charge >= 0.3 is 12.1 Å². The van der Waals surface area contributed by atoms with E-state index in [1.165, 1.54) is 12.1 Å². The SMILES string of the molecule is O=C(O)c1cnn(-c2cccc(-c3cc(F)cc(F)c3OCc3ccc(C4CCN(C(=O)C5CC5)CC4)cc3)n2)c1C(F)(F)F. The Morgan fingerprint density at radius 1 is 0.978 bits per heavy atom. The maximum absolute atomic E-state index is 15.0. The monoisotopic (exact) mass is 626 g/mol. The fraction of sp³-hybridized carbons (Fsp3) is 0.312. The first-order chi connectivity index (χ1) is 21.5. The summed E-state index contributed by atoms with van der Waals surface area (Å²) in [5.41, 5.74) is -1.09. The Hall–Kier alpha value is -4.81. The summed E-state index contributed by atoms with van der Waals surface area (Å²) in [6.07, 6.45) is -0.824. The topological polar surface area (TPSA) is 97.5 Å². The summed E-state index contributed by atoms with van der Waals surface area (Å²) >= 11 is 0. The molecule has 1 N–H and O–H groups in total. The normalized spacial score (nSPS) is 15.7. The molecule has 0 unspecified atom stereocenters. The Balaban J connectivity index is 1.20. The van der Waals surface area contributed by atoms with E-state index < -0.39 is 40.9 Å². The van der Waals surface area contributed by atoms with Gasteiger partial charge in [-0.3, -0.25) is 4.79 Å². The van der Waals surface area contributed by atoms with Crippen LogP contribution in [0.4, 0.5) is 22.0 Å². The number of carbonyl (C=O) groups excluding carboxylic acids is 1. The molecule has 1 amide bonds. The fourth-order valence-electron chi connectivity index (χ4n) is 5.60. The third-order valence-electron chi connectivity index (χ3n) is 8.07. The second-order valence-corrected chi connectivity index (χ2v) is 11.2. The van der Waals surface area contributed by atoms with Gasteiger partial charge in [0.15, 0.2) is 23.1 Å². The summed E-state index contributed by atoms with van der Waals surface area (Å²) in [6.45, 7) is 1.36. The smallest absolute Gasteiger partial charge is 0.434 e. The van der Waals surface area contributed by atoms with Crippen LogP contribution in [0.25, 0.3) is 17.1 Å². The van der Waals surface area contributed by atoms with Crippen LogP contribution in [0, 0.1) is 17.6 Å². The molecule has 4 aromatic rings. The number of amides is 1. The van der Waals surface area contributed by atoms with Gasteiger partial charge < -0.3 is 14.7 Å². The van der Waals surface area contributed by atoms with Crippen LogP contribution in [0.5, 0.6) is 5.75 Å². The first-order valence-electron chi connectivity index (χ1n) is 14.4. The zero-order valence-corrected chi connectivity index (χ0v) is 23.7. The van der Waals surface area contributed by atoms with Crippen LogP contribution in [-0.2, 0) is 17.6 Å². The lowest BCUT2D eigenvalue weighted by Gasteiger charge is -2.32. The number of ether oxygens (including phenoxy) is 1. The van der Waals surface area contributed by atoms with Gasteiger partial charge in [-0.25, -0.2) is 23.2 Å². The van der Waals surface area contributed by atoms with Gasteiger partial charge in [0.25, 0.3) is 0 Å². The van der Waals surface area contributed by atoms with Gasteiger partial charge in [-0.15, -0.1) is 0 Å². The van der Waals surface area contributed by atoms with Gasteiger partial charge in [0, 0.05) is 30.6 Å². The zero-order chi connectivity index (χ0) is 31.9. The van der Waals surface area contributed by atoms with Crippen LogP contribution < -0.4 is 4.74 Å². The van der Waals surface area contributed by atoms with Crippen molar-refractivity contribution in [3.05, 3.63) is 94.8 Å². The van der Waals surface area contributed by atoms with Crippen molar-refractivity contribution in [2.75, 3.05) is 13.1 Å². The average molecular weight is 627 g/mol. The number of alkyl halides is 3. The molecule has 2 fully saturated rings. The first kappa shape index (κ1) is 30.2. The van der Waals surface area contributed by atoms with Crippen molar-refractivity contribution in [3.63, 3.8) is 0 Å². The first-order valence-corrected chi connectivity index (χ1v) is 14.4. The Morgan fingerprint density at radius 3 is 2.33 bits per heavy atom. The summed E-state index contributed by atoms with van der Waals surface area (Å²) in [4.78, 5) is 29.8. The minimum absolute atomic E-state index is 0.0940. The number of carboxylic acid groups (broad SMARTS) is 1. The highest BCUT2D eigenvalue weighted by atomic mass is 19.4. The number of likely N-dealkylation sites (tertiary alicyclic amines) is 1. The highest BCUT2D eigenvalue weighted by molar-refractivity contribution is 5.89. The van der Waals surface area contributed by atoms with Crippen LogP contribution in [0.1, 0.15) is 58.8 Å². The predicted molar refractivity (Wildman–Crippen MR) is 151 cm³/mol. The summed E-state index contributed by atoms with van der Waals surface area (Å²) in [7, 11) is 0. The van der Waals surface area contributed by atoms with Crippen LogP contribution >= 0.6 is 0 Å². The van der Waals surface area contributed by atoms with Crippen LogP contribution in [0.2, 0.25) is 0 Å². The van der Waals surface area contributed by atoms with E-state index in [0.717, 1.165) is 56.5 Å². The van der Waals surface area contributed by atoms with Crippen molar-refractivity contribution in [1.82, 2.24) is 19.7 Å². The molecular formula is C32H27F5N4O4. The highest BCUT2D eigenvalue weighted by Crippen LogP contribution is 2.37. The van der Waals surface area contributed by atoms with E-state index in [1.807, 2.05) is 29.2 Å². The molecule has 2 aromatic heterocycles. The summed E-state index contributed by atoms with van der Waals surface area (Å²) in [6, 6.07) is 13.0. The number of hydrogen-bond donors (Lipinski definition) is 1. The lowest BCUT2D eigenvalue weighted by Crippen LogP contribution is -2.38. The molecule has 2 aliphatic rings. The molecule has 1 aliphatic carbocycles.